The van der Waals surface area contributed by atoms with Gasteiger partial charge in [0.25, 0.3) is 15.7 Å². The highest BCUT2D eigenvalue weighted by atomic mass is 127. The third-order valence-corrected chi connectivity index (χ3v) is 12.0. The van der Waals surface area contributed by atoms with E-state index in [9.17, 15) is 31.6 Å². The summed E-state index contributed by atoms with van der Waals surface area (Å²) in [7, 11) is -0.942. The van der Waals surface area contributed by atoms with Gasteiger partial charge in [0.05, 0.1) is 48.2 Å². The lowest BCUT2D eigenvalue weighted by atomic mass is 9.75. The van der Waals surface area contributed by atoms with Gasteiger partial charge in [0.15, 0.2) is 11.6 Å². The number of halogens is 4. The Morgan fingerprint density at radius 1 is 1.00 bits per heavy atom. The molecule has 0 saturated heterocycles. The van der Waals surface area contributed by atoms with Gasteiger partial charge in [-0.3, -0.25) is 14.4 Å². The summed E-state index contributed by atoms with van der Waals surface area (Å²) in [6.07, 6.45) is 1.49. The van der Waals surface area contributed by atoms with Gasteiger partial charge in [0.2, 0.25) is 5.91 Å². The summed E-state index contributed by atoms with van der Waals surface area (Å²) in [4.78, 5) is 38.4. The first-order chi connectivity index (χ1) is 22.0. The van der Waals surface area contributed by atoms with Crippen LogP contribution in [-0.2, 0) is 28.9 Å². The highest BCUT2D eigenvalue weighted by molar-refractivity contribution is 14.1. The molecule has 3 atom stereocenters. The first kappa shape index (κ1) is 36.7. The molecule has 0 radical (unpaired) electrons. The first-order valence-electron chi connectivity index (χ1n) is 14.7. The van der Waals surface area contributed by atoms with E-state index in [-0.39, 0.29) is 41.6 Å². The summed E-state index contributed by atoms with van der Waals surface area (Å²) in [6, 6.07) is 6.00. The van der Waals surface area contributed by atoms with Crippen molar-refractivity contribution in [3.8, 4) is 11.5 Å². The van der Waals surface area contributed by atoms with Crippen LogP contribution in [0.4, 0.5) is 18.9 Å². The molecule has 2 N–H and O–H groups in total. The van der Waals surface area contributed by atoms with Gasteiger partial charge in [0, 0.05) is 47.5 Å². The van der Waals surface area contributed by atoms with Gasteiger partial charge in [-0.15, -0.1) is 0 Å². The molecule has 11 nitrogen and oxygen atoms in total. The number of rotatable bonds is 11. The summed E-state index contributed by atoms with van der Waals surface area (Å²) in [5.74, 6) is -3.44. The average Bonchev–Trinajstić information content (AvgIpc) is 3.44. The quantitative estimate of drug-likeness (QED) is 0.177. The number of alkyl halides is 3. The van der Waals surface area contributed by atoms with Crippen LogP contribution in [0, 0.1) is 17.2 Å². The number of carbonyl (C=O) groups is 3. The standard InChI is InChI=1S/C31H36F3IN2O9S/c1-30(29(40)45-4)10-8-18(9-11-30)46-26-15-22(25(44-3)16-23(26)32)28(39)37-24-14-19(43-2)13-21(24)27(38)36-17-6-5-7-20(12-17)47(41,42)31(33,34)35/h5-7,12,15-16,18-19,21,24H,8-11,13-14H2,1-4H3,(H,36,38)(H,37,39)/t18-,19-,21+,24-,30+/m1/s1. The van der Waals surface area contributed by atoms with Crippen LogP contribution in [0.2, 0.25) is 0 Å². The van der Waals surface area contributed by atoms with Gasteiger partial charge in [-0.05, 0) is 69.7 Å². The maximum atomic E-state index is 15.1. The number of esters is 1. The van der Waals surface area contributed by atoms with E-state index in [0.717, 1.165) is 18.2 Å². The van der Waals surface area contributed by atoms with E-state index in [2.05, 4.69) is 10.6 Å². The summed E-state index contributed by atoms with van der Waals surface area (Å²) in [5.41, 5.74) is -0.733. The van der Waals surface area contributed by atoms with Gasteiger partial charge in [-0.25, -0.2) is 12.8 Å². The Morgan fingerprint density at radius 3 is 2.28 bits per heavy atom. The van der Waals surface area contributed by atoms with Crippen LogP contribution in [0.25, 0.3) is 0 Å². The van der Waals surface area contributed by atoms with Crippen molar-refractivity contribution in [2.24, 2.45) is 11.3 Å². The van der Waals surface area contributed by atoms with Crippen molar-refractivity contribution >= 4 is 55.9 Å². The van der Waals surface area contributed by atoms with Crippen molar-refractivity contribution in [1.29, 1.82) is 0 Å². The number of nitrogens with one attached hydrogen (secondary N) is 2. The zero-order chi connectivity index (χ0) is 34.7. The highest BCUT2D eigenvalue weighted by Crippen LogP contribution is 2.40. The van der Waals surface area contributed by atoms with Gasteiger partial charge in [-0.1, -0.05) is 6.07 Å². The fourth-order valence-electron chi connectivity index (χ4n) is 5.94. The second kappa shape index (κ2) is 14.6. The SMILES string of the molecule is COc1cc(F)c(O[C@H]2CC[C@@](C)(C(=O)OC)CC2)cc1C(=O)N[C@@H]1C[C@H](OC)C[C@@H]1C(=O)Nc1cccc(S(=O)(=O)C(F)(F)I)c1. The maximum Gasteiger partial charge on any atom is 0.398 e. The molecule has 2 amide bonds. The normalized spacial score (nSPS) is 24.7. The zero-order valence-corrected chi connectivity index (χ0v) is 29.1. The molecule has 2 saturated carbocycles. The fraction of sp³-hybridized carbons (Fsp3) is 0.516. The Morgan fingerprint density at radius 2 is 1.68 bits per heavy atom. The molecule has 0 aromatic heterocycles. The van der Waals surface area contributed by atoms with Crippen LogP contribution in [0.15, 0.2) is 41.3 Å². The molecule has 0 unspecified atom stereocenters. The van der Waals surface area contributed by atoms with Crippen molar-refractivity contribution in [3.63, 3.8) is 0 Å². The monoisotopic (exact) mass is 796 g/mol. The molecule has 2 aromatic rings. The molecule has 0 heterocycles. The molecule has 4 rings (SSSR count). The molecule has 2 aromatic carbocycles. The number of anilines is 1. The second-order valence-corrected chi connectivity index (χ2v) is 15.9. The third-order valence-electron chi connectivity index (χ3n) is 8.73. The van der Waals surface area contributed by atoms with Crippen LogP contribution in [0.5, 0.6) is 11.5 Å². The van der Waals surface area contributed by atoms with Crippen LogP contribution >= 0.6 is 22.6 Å². The molecule has 2 aliphatic rings. The van der Waals surface area contributed by atoms with Crippen LogP contribution < -0.4 is 20.1 Å². The molecular weight excluding hydrogens is 760 g/mol. The van der Waals surface area contributed by atoms with E-state index < -0.39 is 65.2 Å². The Hall–Kier alpha value is -3.12. The van der Waals surface area contributed by atoms with Crippen molar-refractivity contribution in [2.45, 2.75) is 71.9 Å². The minimum Gasteiger partial charge on any atom is -0.496 e. The van der Waals surface area contributed by atoms with Crippen LogP contribution in [0.1, 0.15) is 55.8 Å². The molecule has 2 aliphatic carbocycles. The minimum atomic E-state index is -5.00. The molecule has 16 heteroatoms. The minimum absolute atomic E-state index is 0.0284. The zero-order valence-electron chi connectivity index (χ0n) is 26.1. The number of hydrogen-bond donors (Lipinski definition) is 2. The number of benzene rings is 2. The average molecular weight is 797 g/mol. The molecule has 47 heavy (non-hydrogen) atoms. The highest BCUT2D eigenvalue weighted by Gasteiger charge is 2.44. The first-order valence-corrected chi connectivity index (χ1v) is 17.3. The number of methoxy groups -OCH3 is 3. The van der Waals surface area contributed by atoms with Gasteiger partial charge < -0.3 is 29.6 Å². The van der Waals surface area contributed by atoms with E-state index >= 15 is 4.39 Å². The van der Waals surface area contributed by atoms with Crippen molar-refractivity contribution in [3.05, 3.63) is 47.8 Å². The smallest absolute Gasteiger partial charge is 0.398 e. The molecule has 258 valence electrons. The van der Waals surface area contributed by atoms with Crippen molar-refractivity contribution in [2.75, 3.05) is 26.6 Å². The number of hydrogen-bond acceptors (Lipinski definition) is 9. The van der Waals surface area contributed by atoms with Gasteiger partial charge in [0.1, 0.15) is 5.75 Å². The predicted molar refractivity (Wildman–Crippen MR) is 172 cm³/mol. The third kappa shape index (κ3) is 8.13. The maximum absolute atomic E-state index is 15.1. The Bertz CT molecular complexity index is 1610. The predicted octanol–water partition coefficient (Wildman–Crippen LogP) is 5.26. The summed E-state index contributed by atoms with van der Waals surface area (Å²) in [6.45, 7) is 1.81. The lowest BCUT2D eigenvalue weighted by Gasteiger charge is -2.35. The van der Waals surface area contributed by atoms with Gasteiger partial charge in [-0.2, -0.15) is 8.78 Å². The van der Waals surface area contributed by atoms with E-state index in [1.165, 1.54) is 39.5 Å². The topological polar surface area (TPSA) is 146 Å². The largest absolute Gasteiger partial charge is 0.496 e. The molecule has 2 fully saturated rings. The van der Waals surface area contributed by atoms with Gasteiger partial charge >= 0.3 is 9.23 Å². The Kier molecular flexibility index (Phi) is 11.4. The van der Waals surface area contributed by atoms with Crippen LogP contribution in [0.3, 0.4) is 0 Å². The number of carbonyl (C=O) groups excluding carboxylic acids is 3. The number of sulfone groups is 1. The van der Waals surface area contributed by atoms with E-state index in [1.807, 2.05) is 6.92 Å². The second-order valence-electron chi connectivity index (χ2n) is 11.8. The fourth-order valence-corrected chi connectivity index (χ4v) is 7.51. The molecule has 0 bridgehead atoms. The van der Waals surface area contributed by atoms with E-state index in [1.54, 1.807) is 0 Å². The molecular formula is C31H36F3IN2O9S. The Labute approximate surface area is 284 Å². The lowest BCUT2D eigenvalue weighted by Crippen LogP contribution is -2.42. The van der Waals surface area contributed by atoms with E-state index in [4.69, 9.17) is 18.9 Å². The summed E-state index contributed by atoms with van der Waals surface area (Å²) in [5, 5.41) is 5.36. The summed E-state index contributed by atoms with van der Waals surface area (Å²) < 4.78 is 84.4. The molecule has 0 aliphatic heterocycles. The van der Waals surface area contributed by atoms with Crippen LogP contribution in [-0.4, -0.2) is 69.0 Å². The van der Waals surface area contributed by atoms with Crippen molar-refractivity contribution in [1.82, 2.24) is 5.32 Å². The number of ether oxygens (including phenoxy) is 4. The lowest BCUT2D eigenvalue weighted by molar-refractivity contribution is -0.154. The molecule has 0 spiro atoms. The van der Waals surface area contributed by atoms with E-state index in [0.29, 0.717) is 48.3 Å². The van der Waals surface area contributed by atoms with Crippen molar-refractivity contribution < 1.29 is 54.9 Å². The summed E-state index contributed by atoms with van der Waals surface area (Å²) >= 11 is 0.527. The Balaban J connectivity index is 1.50. The number of amides is 2.